The van der Waals surface area contributed by atoms with Crippen molar-refractivity contribution >= 4 is 17.6 Å². The molecule has 0 aliphatic heterocycles. The Morgan fingerprint density at radius 3 is 2.88 bits per heavy atom. The van der Waals surface area contributed by atoms with Crippen LogP contribution in [-0.2, 0) is 9.53 Å². The fourth-order valence-corrected chi connectivity index (χ4v) is 6.99. The molecule has 6 atom stereocenters. The molecule has 0 saturated heterocycles. The molecule has 3 saturated carbocycles. The SMILES string of the molecule is C[C@]12C=CCC=C1CC[C@@H]1[C@@H]2CC[C@]2(C)C(C(=O)OCCl)CC[C@@H]12. The Morgan fingerprint density at radius 2 is 2.08 bits per heavy atom. The van der Waals surface area contributed by atoms with Gasteiger partial charge in [0, 0.05) is 5.41 Å². The van der Waals surface area contributed by atoms with Crippen molar-refractivity contribution < 1.29 is 9.53 Å². The summed E-state index contributed by atoms with van der Waals surface area (Å²) >= 11 is 5.64. The van der Waals surface area contributed by atoms with Gasteiger partial charge in [0.15, 0.2) is 6.07 Å². The van der Waals surface area contributed by atoms with Crippen LogP contribution in [0.25, 0.3) is 0 Å². The van der Waals surface area contributed by atoms with Crippen LogP contribution in [0.5, 0.6) is 0 Å². The average Bonchev–Trinajstić information content (AvgIpc) is 2.92. The second-order valence-corrected chi connectivity index (χ2v) is 9.03. The number of carbonyl (C=O) groups is 1. The fraction of sp³-hybridized carbons (Fsp3) is 0.762. The van der Waals surface area contributed by atoms with E-state index in [0.29, 0.717) is 5.92 Å². The van der Waals surface area contributed by atoms with Crippen molar-refractivity contribution in [3.8, 4) is 0 Å². The summed E-state index contributed by atoms with van der Waals surface area (Å²) in [6, 6.07) is -0.0147. The van der Waals surface area contributed by atoms with Gasteiger partial charge in [0.25, 0.3) is 0 Å². The van der Waals surface area contributed by atoms with Gasteiger partial charge in [-0.05, 0) is 68.1 Å². The van der Waals surface area contributed by atoms with Gasteiger partial charge in [-0.3, -0.25) is 4.79 Å². The van der Waals surface area contributed by atoms with Crippen LogP contribution in [0.3, 0.4) is 0 Å². The number of allylic oxidation sites excluding steroid dienone is 4. The third-order valence-electron chi connectivity index (χ3n) is 8.09. The van der Waals surface area contributed by atoms with Crippen LogP contribution in [0.2, 0.25) is 0 Å². The van der Waals surface area contributed by atoms with E-state index in [4.69, 9.17) is 16.3 Å². The van der Waals surface area contributed by atoms with Crippen molar-refractivity contribution in [2.24, 2.45) is 34.5 Å². The topological polar surface area (TPSA) is 26.3 Å². The molecular weight excluding hydrogens is 320 g/mol. The number of carbonyl (C=O) groups excluding carboxylic acids is 1. The molecular formula is C21H29ClO2. The number of ether oxygens (including phenoxy) is 1. The Labute approximate surface area is 150 Å². The van der Waals surface area contributed by atoms with E-state index in [1.807, 2.05) is 0 Å². The minimum atomic E-state index is -0.0615. The third kappa shape index (κ3) is 2.25. The normalized spacial score (nSPS) is 46.5. The predicted molar refractivity (Wildman–Crippen MR) is 96.5 cm³/mol. The molecule has 0 aromatic carbocycles. The number of hydrogen-bond acceptors (Lipinski definition) is 2. The largest absolute Gasteiger partial charge is 0.449 e. The second-order valence-electron chi connectivity index (χ2n) is 8.81. The van der Waals surface area contributed by atoms with Gasteiger partial charge in [0.05, 0.1) is 5.92 Å². The summed E-state index contributed by atoms with van der Waals surface area (Å²) in [6.45, 7) is 4.81. The molecule has 132 valence electrons. The van der Waals surface area contributed by atoms with Gasteiger partial charge < -0.3 is 4.74 Å². The van der Waals surface area contributed by atoms with Crippen LogP contribution in [-0.4, -0.2) is 12.0 Å². The Balaban J connectivity index is 1.62. The van der Waals surface area contributed by atoms with Crippen LogP contribution in [0, 0.1) is 34.5 Å². The van der Waals surface area contributed by atoms with E-state index in [1.54, 1.807) is 5.57 Å². The number of halogens is 1. The number of rotatable bonds is 2. The maximum atomic E-state index is 12.4. The van der Waals surface area contributed by atoms with E-state index in [1.165, 1.54) is 25.7 Å². The van der Waals surface area contributed by atoms with Gasteiger partial charge in [-0.2, -0.15) is 0 Å². The highest BCUT2D eigenvalue weighted by Gasteiger charge is 2.59. The summed E-state index contributed by atoms with van der Waals surface area (Å²) in [5.74, 6) is 2.15. The van der Waals surface area contributed by atoms with Crippen molar-refractivity contribution in [2.45, 2.75) is 58.8 Å². The van der Waals surface area contributed by atoms with Crippen LogP contribution < -0.4 is 0 Å². The van der Waals surface area contributed by atoms with E-state index < -0.39 is 0 Å². The summed E-state index contributed by atoms with van der Waals surface area (Å²) in [5.41, 5.74) is 2.04. The van der Waals surface area contributed by atoms with Crippen molar-refractivity contribution in [1.82, 2.24) is 0 Å². The standard InChI is InChI=1S/C21H29ClO2/c1-20-11-4-3-5-14(20)6-7-15-16-8-9-18(19(23)24-13-22)21(16,2)12-10-17(15)20/h4-5,11,15-18H,3,6-10,12-13H2,1-2H3/t15-,16-,17-,18?,20-,21-/m0/s1. The molecule has 0 spiro atoms. The molecule has 0 radical (unpaired) electrons. The molecule has 2 nitrogen and oxygen atoms in total. The Hall–Kier alpha value is -0.760. The van der Waals surface area contributed by atoms with Crippen LogP contribution >= 0.6 is 11.6 Å². The van der Waals surface area contributed by atoms with Crippen molar-refractivity contribution in [3.05, 3.63) is 23.8 Å². The average molecular weight is 349 g/mol. The quantitative estimate of drug-likeness (QED) is 0.375. The zero-order chi connectivity index (χ0) is 16.9. The first-order valence-corrected chi connectivity index (χ1v) is 10.1. The zero-order valence-electron chi connectivity index (χ0n) is 14.9. The summed E-state index contributed by atoms with van der Waals surface area (Å²) in [7, 11) is 0. The summed E-state index contributed by atoms with van der Waals surface area (Å²) < 4.78 is 5.19. The van der Waals surface area contributed by atoms with E-state index in [0.717, 1.165) is 31.1 Å². The molecule has 4 rings (SSSR count). The van der Waals surface area contributed by atoms with Gasteiger partial charge >= 0.3 is 5.97 Å². The molecule has 0 N–H and O–H groups in total. The lowest BCUT2D eigenvalue weighted by Crippen LogP contribution is -2.50. The maximum absolute atomic E-state index is 12.4. The molecule has 4 aliphatic rings. The van der Waals surface area contributed by atoms with Gasteiger partial charge in [0.1, 0.15) is 0 Å². The van der Waals surface area contributed by atoms with E-state index in [-0.39, 0.29) is 28.8 Å². The molecule has 4 aliphatic carbocycles. The first-order chi connectivity index (χ1) is 11.5. The highest BCUT2D eigenvalue weighted by Crippen LogP contribution is 2.66. The highest BCUT2D eigenvalue weighted by molar-refractivity contribution is 6.17. The Kier molecular flexibility index (Phi) is 4.10. The van der Waals surface area contributed by atoms with Gasteiger partial charge in [-0.1, -0.05) is 49.2 Å². The van der Waals surface area contributed by atoms with Crippen LogP contribution in [0.15, 0.2) is 23.8 Å². The monoisotopic (exact) mass is 348 g/mol. The van der Waals surface area contributed by atoms with E-state index in [2.05, 4.69) is 32.1 Å². The van der Waals surface area contributed by atoms with Gasteiger partial charge in [0.2, 0.25) is 0 Å². The van der Waals surface area contributed by atoms with Crippen LogP contribution in [0.1, 0.15) is 58.8 Å². The number of alkyl halides is 1. The molecule has 1 unspecified atom stereocenters. The van der Waals surface area contributed by atoms with Crippen molar-refractivity contribution in [1.29, 1.82) is 0 Å². The number of fused-ring (bicyclic) bond motifs is 5. The summed E-state index contributed by atoms with van der Waals surface area (Å²) in [4.78, 5) is 12.4. The lowest BCUT2D eigenvalue weighted by molar-refractivity contribution is -0.153. The molecule has 0 aromatic heterocycles. The van der Waals surface area contributed by atoms with Gasteiger partial charge in [-0.15, -0.1) is 0 Å². The number of hydrogen-bond donors (Lipinski definition) is 0. The molecule has 3 heteroatoms. The molecule has 0 amide bonds. The highest BCUT2D eigenvalue weighted by atomic mass is 35.5. The lowest BCUT2D eigenvalue weighted by Gasteiger charge is -2.56. The third-order valence-corrected chi connectivity index (χ3v) is 8.20. The number of esters is 1. The minimum Gasteiger partial charge on any atom is -0.449 e. The fourth-order valence-electron chi connectivity index (χ4n) is 6.88. The maximum Gasteiger partial charge on any atom is 0.310 e. The van der Waals surface area contributed by atoms with E-state index in [9.17, 15) is 4.79 Å². The van der Waals surface area contributed by atoms with Gasteiger partial charge in [-0.25, -0.2) is 0 Å². The van der Waals surface area contributed by atoms with Crippen molar-refractivity contribution in [3.63, 3.8) is 0 Å². The minimum absolute atomic E-state index is 0.0147. The Morgan fingerprint density at radius 1 is 1.25 bits per heavy atom. The van der Waals surface area contributed by atoms with E-state index >= 15 is 0 Å². The summed E-state index contributed by atoms with van der Waals surface area (Å²) in [6.07, 6.45) is 15.5. The molecule has 3 fully saturated rings. The van der Waals surface area contributed by atoms with Crippen LogP contribution in [0.4, 0.5) is 0 Å². The molecule has 0 heterocycles. The lowest BCUT2D eigenvalue weighted by atomic mass is 9.48. The first-order valence-electron chi connectivity index (χ1n) is 9.60. The molecule has 0 bridgehead atoms. The molecule has 0 aromatic rings. The molecule has 24 heavy (non-hydrogen) atoms. The second kappa shape index (κ2) is 5.90. The predicted octanol–water partition coefficient (Wildman–Crippen LogP) is 5.47. The summed E-state index contributed by atoms with van der Waals surface area (Å²) in [5, 5.41) is 0. The zero-order valence-corrected chi connectivity index (χ0v) is 15.6. The first kappa shape index (κ1) is 16.7. The Bertz CT molecular complexity index is 595. The van der Waals surface area contributed by atoms with Crippen molar-refractivity contribution in [2.75, 3.05) is 6.07 Å². The smallest absolute Gasteiger partial charge is 0.310 e.